The Labute approximate surface area is 132 Å². The summed E-state index contributed by atoms with van der Waals surface area (Å²) in [5.41, 5.74) is 3.73. The molecule has 0 saturated heterocycles. The van der Waals surface area contributed by atoms with Gasteiger partial charge in [0.05, 0.1) is 34.7 Å². The van der Waals surface area contributed by atoms with Crippen molar-refractivity contribution in [2.75, 3.05) is 0 Å². The Bertz CT molecular complexity index is 895. The van der Waals surface area contributed by atoms with Crippen LogP contribution in [0.3, 0.4) is 0 Å². The number of hydrogen-bond donors (Lipinski definition) is 1. The molecule has 23 heavy (non-hydrogen) atoms. The summed E-state index contributed by atoms with van der Waals surface area (Å²) in [7, 11) is 0. The molecule has 0 unspecified atom stereocenters. The van der Waals surface area contributed by atoms with E-state index in [0.29, 0.717) is 11.1 Å². The molecule has 0 aliphatic carbocycles. The lowest BCUT2D eigenvalue weighted by atomic mass is 10.1. The molecule has 0 spiro atoms. The minimum atomic E-state index is -0.441. The summed E-state index contributed by atoms with van der Waals surface area (Å²) in [6, 6.07) is 7.93. The van der Waals surface area contributed by atoms with Gasteiger partial charge in [-0.1, -0.05) is 0 Å². The first-order valence-electron chi connectivity index (χ1n) is 7.17. The van der Waals surface area contributed by atoms with Gasteiger partial charge in [-0.15, -0.1) is 0 Å². The van der Waals surface area contributed by atoms with Crippen LogP contribution in [0, 0.1) is 19.7 Å². The van der Waals surface area contributed by atoms with E-state index in [9.17, 15) is 9.18 Å². The third kappa shape index (κ3) is 3.15. The molecule has 0 saturated carbocycles. The number of pyridine rings is 1. The van der Waals surface area contributed by atoms with Crippen molar-refractivity contribution in [1.82, 2.24) is 20.3 Å². The zero-order valence-corrected chi connectivity index (χ0v) is 12.8. The van der Waals surface area contributed by atoms with Crippen LogP contribution in [0.25, 0.3) is 11.0 Å². The summed E-state index contributed by atoms with van der Waals surface area (Å²) in [6.45, 7) is 3.80. The first-order valence-corrected chi connectivity index (χ1v) is 7.17. The summed E-state index contributed by atoms with van der Waals surface area (Å²) in [6.07, 6.45) is 1.49. The molecular formula is C17H15FN4O. The van der Waals surface area contributed by atoms with Crippen LogP contribution in [0.2, 0.25) is 0 Å². The summed E-state index contributed by atoms with van der Waals surface area (Å²) in [5.74, 6) is -0.750. The molecule has 3 aromatic rings. The smallest absolute Gasteiger partial charge is 0.251 e. The Kier molecular flexibility index (Phi) is 3.97. The van der Waals surface area contributed by atoms with E-state index in [2.05, 4.69) is 20.3 Å². The molecule has 0 aliphatic rings. The van der Waals surface area contributed by atoms with Gasteiger partial charge < -0.3 is 5.32 Å². The number of benzene rings is 1. The maximum absolute atomic E-state index is 13.5. The Morgan fingerprint density at radius 3 is 2.61 bits per heavy atom. The molecule has 0 atom stereocenters. The SMILES string of the molecule is Cc1nc2ccc(C(=O)NCc3ncccc3F)cc2nc1C. The zero-order valence-electron chi connectivity index (χ0n) is 12.8. The van der Waals surface area contributed by atoms with Crippen LogP contribution in [0.5, 0.6) is 0 Å². The maximum atomic E-state index is 13.5. The Balaban J connectivity index is 1.81. The van der Waals surface area contributed by atoms with E-state index in [4.69, 9.17) is 0 Å². The number of amides is 1. The van der Waals surface area contributed by atoms with Gasteiger partial charge in [-0.3, -0.25) is 9.78 Å². The van der Waals surface area contributed by atoms with E-state index >= 15 is 0 Å². The van der Waals surface area contributed by atoms with Crippen LogP contribution in [0.4, 0.5) is 4.39 Å². The summed E-state index contributed by atoms with van der Waals surface area (Å²) in [5, 5.41) is 2.66. The number of carbonyl (C=O) groups excluding carboxylic acids is 1. The number of hydrogen-bond acceptors (Lipinski definition) is 4. The van der Waals surface area contributed by atoms with Gasteiger partial charge in [0.15, 0.2) is 0 Å². The van der Waals surface area contributed by atoms with E-state index in [1.165, 1.54) is 18.3 Å². The number of nitrogens with zero attached hydrogens (tertiary/aromatic N) is 3. The molecule has 2 aromatic heterocycles. The summed E-state index contributed by atoms with van der Waals surface area (Å²) < 4.78 is 13.5. The highest BCUT2D eigenvalue weighted by atomic mass is 19.1. The molecule has 2 heterocycles. The molecule has 0 fully saturated rings. The lowest BCUT2D eigenvalue weighted by Crippen LogP contribution is -2.23. The molecule has 3 rings (SSSR count). The topological polar surface area (TPSA) is 67.8 Å². The van der Waals surface area contributed by atoms with Crippen molar-refractivity contribution in [3.8, 4) is 0 Å². The molecule has 1 N–H and O–H groups in total. The average molecular weight is 310 g/mol. The molecule has 0 aliphatic heterocycles. The third-order valence-electron chi connectivity index (χ3n) is 3.59. The standard InChI is InChI=1S/C17H15FN4O/c1-10-11(2)22-15-8-12(5-6-14(15)21-10)17(23)20-9-16-13(18)4-3-7-19-16/h3-8H,9H2,1-2H3,(H,20,23). The number of rotatable bonds is 3. The van der Waals surface area contributed by atoms with Gasteiger partial charge in [0.2, 0.25) is 0 Å². The Hall–Kier alpha value is -2.89. The Morgan fingerprint density at radius 2 is 1.87 bits per heavy atom. The second-order valence-corrected chi connectivity index (χ2v) is 5.21. The van der Waals surface area contributed by atoms with E-state index in [1.807, 2.05) is 13.8 Å². The van der Waals surface area contributed by atoms with Crippen LogP contribution in [0.1, 0.15) is 27.4 Å². The van der Waals surface area contributed by atoms with Gasteiger partial charge in [-0.05, 0) is 44.2 Å². The normalized spacial score (nSPS) is 10.7. The molecule has 5 nitrogen and oxygen atoms in total. The number of fused-ring (bicyclic) bond motifs is 1. The van der Waals surface area contributed by atoms with Gasteiger partial charge in [0.1, 0.15) is 5.82 Å². The van der Waals surface area contributed by atoms with Gasteiger partial charge in [0, 0.05) is 11.8 Å². The molecule has 1 aromatic carbocycles. The largest absolute Gasteiger partial charge is 0.346 e. The van der Waals surface area contributed by atoms with E-state index < -0.39 is 5.82 Å². The van der Waals surface area contributed by atoms with Gasteiger partial charge in [0.25, 0.3) is 5.91 Å². The van der Waals surface area contributed by atoms with Crippen molar-refractivity contribution in [2.45, 2.75) is 20.4 Å². The lowest BCUT2D eigenvalue weighted by molar-refractivity contribution is 0.0950. The molecular weight excluding hydrogens is 295 g/mol. The number of nitrogens with one attached hydrogen (secondary N) is 1. The minimum Gasteiger partial charge on any atom is -0.346 e. The van der Waals surface area contributed by atoms with Crippen molar-refractivity contribution in [2.24, 2.45) is 0 Å². The number of halogens is 1. The summed E-state index contributed by atoms with van der Waals surface area (Å²) >= 11 is 0. The fraction of sp³-hybridized carbons (Fsp3) is 0.176. The van der Waals surface area contributed by atoms with Crippen LogP contribution < -0.4 is 5.32 Å². The quantitative estimate of drug-likeness (QED) is 0.807. The van der Waals surface area contributed by atoms with Crippen molar-refractivity contribution in [1.29, 1.82) is 0 Å². The van der Waals surface area contributed by atoms with Gasteiger partial charge in [-0.25, -0.2) is 14.4 Å². The molecule has 1 amide bonds. The van der Waals surface area contributed by atoms with Crippen molar-refractivity contribution in [3.63, 3.8) is 0 Å². The van der Waals surface area contributed by atoms with Crippen LogP contribution in [-0.2, 0) is 6.54 Å². The van der Waals surface area contributed by atoms with Crippen molar-refractivity contribution in [3.05, 3.63) is 65.0 Å². The summed E-state index contributed by atoms with van der Waals surface area (Å²) in [4.78, 5) is 25.0. The second kappa shape index (κ2) is 6.08. The third-order valence-corrected chi connectivity index (χ3v) is 3.59. The van der Waals surface area contributed by atoms with Crippen LogP contribution >= 0.6 is 0 Å². The average Bonchev–Trinajstić information content (AvgIpc) is 2.54. The first kappa shape index (κ1) is 15.0. The van der Waals surface area contributed by atoms with Gasteiger partial charge in [-0.2, -0.15) is 0 Å². The minimum absolute atomic E-state index is 0.0299. The highest BCUT2D eigenvalue weighted by molar-refractivity contribution is 5.97. The second-order valence-electron chi connectivity index (χ2n) is 5.21. The predicted octanol–water partition coefficient (Wildman–Crippen LogP) is 2.71. The highest BCUT2D eigenvalue weighted by Gasteiger charge is 2.10. The van der Waals surface area contributed by atoms with Crippen LogP contribution in [-0.4, -0.2) is 20.9 Å². The van der Waals surface area contributed by atoms with Crippen molar-refractivity contribution < 1.29 is 9.18 Å². The number of aromatic nitrogens is 3. The lowest BCUT2D eigenvalue weighted by Gasteiger charge is -2.07. The number of aryl methyl sites for hydroxylation is 2. The molecule has 6 heteroatoms. The van der Waals surface area contributed by atoms with E-state index in [0.717, 1.165) is 16.9 Å². The Morgan fingerprint density at radius 1 is 1.13 bits per heavy atom. The maximum Gasteiger partial charge on any atom is 0.251 e. The molecule has 116 valence electrons. The van der Waals surface area contributed by atoms with Gasteiger partial charge >= 0.3 is 0 Å². The highest BCUT2D eigenvalue weighted by Crippen LogP contribution is 2.14. The number of carbonyl (C=O) groups is 1. The van der Waals surface area contributed by atoms with E-state index in [-0.39, 0.29) is 18.1 Å². The fourth-order valence-electron chi connectivity index (χ4n) is 2.19. The molecule has 0 radical (unpaired) electrons. The molecule has 0 bridgehead atoms. The zero-order chi connectivity index (χ0) is 16.4. The van der Waals surface area contributed by atoms with Crippen molar-refractivity contribution >= 4 is 16.9 Å². The monoisotopic (exact) mass is 310 g/mol. The predicted molar refractivity (Wildman–Crippen MR) is 84.4 cm³/mol. The first-order chi connectivity index (χ1) is 11.0. The fourth-order valence-corrected chi connectivity index (χ4v) is 2.19. The van der Waals surface area contributed by atoms with Crippen LogP contribution in [0.15, 0.2) is 36.5 Å². The van der Waals surface area contributed by atoms with E-state index in [1.54, 1.807) is 18.2 Å².